The van der Waals surface area contributed by atoms with E-state index in [0.717, 1.165) is 31.6 Å². The van der Waals surface area contributed by atoms with E-state index in [-0.39, 0.29) is 5.54 Å². The zero-order chi connectivity index (χ0) is 11.6. The summed E-state index contributed by atoms with van der Waals surface area (Å²) in [6.07, 6.45) is 10.0. The van der Waals surface area contributed by atoms with E-state index in [0.29, 0.717) is 18.1 Å². The fourth-order valence-corrected chi connectivity index (χ4v) is 3.25. The Morgan fingerprint density at radius 1 is 1.31 bits per heavy atom. The van der Waals surface area contributed by atoms with Crippen molar-refractivity contribution in [1.29, 1.82) is 0 Å². The van der Waals surface area contributed by atoms with Crippen LogP contribution in [-0.4, -0.2) is 11.3 Å². The van der Waals surface area contributed by atoms with Gasteiger partial charge >= 0.3 is 0 Å². The number of carbonyl (C=O) groups is 1. The van der Waals surface area contributed by atoms with Crippen LogP contribution in [0.4, 0.5) is 0 Å². The van der Waals surface area contributed by atoms with Gasteiger partial charge < -0.3 is 5.73 Å². The normalized spacial score (nSPS) is 33.1. The molecule has 2 nitrogen and oxygen atoms in total. The van der Waals surface area contributed by atoms with E-state index in [1.807, 2.05) is 0 Å². The van der Waals surface area contributed by atoms with Crippen molar-refractivity contribution < 1.29 is 4.79 Å². The average Bonchev–Trinajstić information content (AvgIpc) is 2.27. The van der Waals surface area contributed by atoms with E-state index in [1.165, 1.54) is 25.7 Å². The van der Waals surface area contributed by atoms with Crippen molar-refractivity contribution >= 4 is 5.78 Å². The maximum Gasteiger partial charge on any atom is 0.137 e. The van der Waals surface area contributed by atoms with Crippen LogP contribution >= 0.6 is 0 Å². The van der Waals surface area contributed by atoms with Crippen LogP contribution in [0.15, 0.2) is 0 Å². The Morgan fingerprint density at radius 2 is 2.06 bits per heavy atom. The van der Waals surface area contributed by atoms with Gasteiger partial charge in [-0.15, -0.1) is 0 Å². The Balaban J connectivity index is 1.84. The fourth-order valence-electron chi connectivity index (χ4n) is 3.25. The quantitative estimate of drug-likeness (QED) is 0.796. The van der Waals surface area contributed by atoms with Crippen LogP contribution < -0.4 is 5.73 Å². The average molecular weight is 223 g/mol. The zero-order valence-electron chi connectivity index (χ0n) is 10.5. The third-order valence-corrected chi connectivity index (χ3v) is 4.69. The molecule has 0 aliphatic heterocycles. The van der Waals surface area contributed by atoms with E-state index in [2.05, 4.69) is 6.92 Å². The molecular formula is C14H25NO. The SMILES string of the molecule is CCC1CCCC(C(=O)CC2(N)CCC2)C1. The van der Waals surface area contributed by atoms with Crippen LogP contribution in [0.25, 0.3) is 0 Å². The largest absolute Gasteiger partial charge is 0.325 e. The van der Waals surface area contributed by atoms with Gasteiger partial charge in [0.15, 0.2) is 0 Å². The molecular weight excluding hydrogens is 198 g/mol. The van der Waals surface area contributed by atoms with Crippen LogP contribution in [0.5, 0.6) is 0 Å². The molecule has 2 saturated carbocycles. The maximum absolute atomic E-state index is 12.2. The van der Waals surface area contributed by atoms with Crippen molar-refractivity contribution in [2.75, 3.05) is 0 Å². The monoisotopic (exact) mass is 223 g/mol. The number of carbonyl (C=O) groups excluding carboxylic acids is 1. The van der Waals surface area contributed by atoms with Gasteiger partial charge in [-0.3, -0.25) is 4.79 Å². The number of ketones is 1. The minimum absolute atomic E-state index is 0.115. The van der Waals surface area contributed by atoms with Crippen LogP contribution in [-0.2, 0) is 4.79 Å². The van der Waals surface area contributed by atoms with Crippen molar-refractivity contribution in [3.63, 3.8) is 0 Å². The van der Waals surface area contributed by atoms with Gasteiger partial charge in [0.05, 0.1) is 0 Å². The number of Topliss-reactive ketones (excluding diaryl/α,β-unsaturated/α-hetero) is 1. The predicted octanol–water partition coefficient (Wildman–Crippen LogP) is 3.04. The molecule has 0 heterocycles. The van der Waals surface area contributed by atoms with Gasteiger partial charge in [-0.2, -0.15) is 0 Å². The minimum Gasteiger partial charge on any atom is -0.325 e. The molecule has 2 unspecified atom stereocenters. The van der Waals surface area contributed by atoms with Crippen molar-refractivity contribution in [3.8, 4) is 0 Å². The summed E-state index contributed by atoms with van der Waals surface area (Å²) in [7, 11) is 0. The summed E-state index contributed by atoms with van der Waals surface area (Å²) in [6, 6.07) is 0. The first-order valence-corrected chi connectivity index (χ1v) is 6.94. The van der Waals surface area contributed by atoms with Gasteiger partial charge in [0.1, 0.15) is 5.78 Å². The minimum atomic E-state index is -0.115. The van der Waals surface area contributed by atoms with E-state index in [4.69, 9.17) is 5.73 Å². The number of hydrogen-bond donors (Lipinski definition) is 1. The first-order valence-electron chi connectivity index (χ1n) is 6.94. The highest BCUT2D eigenvalue weighted by Gasteiger charge is 2.37. The lowest BCUT2D eigenvalue weighted by Gasteiger charge is -2.39. The van der Waals surface area contributed by atoms with Crippen LogP contribution in [0.3, 0.4) is 0 Å². The molecule has 2 rings (SSSR count). The van der Waals surface area contributed by atoms with Crippen molar-refractivity contribution in [2.24, 2.45) is 17.6 Å². The molecule has 2 fully saturated rings. The molecule has 2 atom stereocenters. The molecule has 16 heavy (non-hydrogen) atoms. The number of nitrogens with two attached hydrogens (primary N) is 1. The highest BCUT2D eigenvalue weighted by Crippen LogP contribution is 2.37. The van der Waals surface area contributed by atoms with Gasteiger partial charge in [-0.05, 0) is 38.0 Å². The Labute approximate surface area is 99.0 Å². The first kappa shape index (κ1) is 12.1. The Bertz CT molecular complexity index is 257. The third kappa shape index (κ3) is 2.65. The molecule has 2 aliphatic carbocycles. The van der Waals surface area contributed by atoms with Gasteiger partial charge in [0, 0.05) is 17.9 Å². The molecule has 0 spiro atoms. The summed E-state index contributed by atoms with van der Waals surface area (Å²) in [4.78, 5) is 12.2. The van der Waals surface area contributed by atoms with Gasteiger partial charge in [-0.1, -0.05) is 26.2 Å². The van der Waals surface area contributed by atoms with Gasteiger partial charge in [-0.25, -0.2) is 0 Å². The highest BCUT2D eigenvalue weighted by molar-refractivity contribution is 5.82. The lowest BCUT2D eigenvalue weighted by Crippen LogP contribution is -2.49. The fraction of sp³-hybridized carbons (Fsp3) is 0.929. The van der Waals surface area contributed by atoms with Crippen LogP contribution in [0, 0.1) is 11.8 Å². The van der Waals surface area contributed by atoms with E-state index >= 15 is 0 Å². The summed E-state index contributed by atoms with van der Waals surface area (Å²) < 4.78 is 0. The summed E-state index contributed by atoms with van der Waals surface area (Å²) >= 11 is 0. The second kappa shape index (κ2) is 4.87. The lowest BCUT2D eigenvalue weighted by atomic mass is 9.70. The molecule has 0 saturated heterocycles. The Morgan fingerprint density at radius 3 is 2.62 bits per heavy atom. The van der Waals surface area contributed by atoms with Crippen molar-refractivity contribution in [2.45, 2.75) is 70.3 Å². The van der Waals surface area contributed by atoms with Crippen LogP contribution in [0.2, 0.25) is 0 Å². The molecule has 0 bridgehead atoms. The molecule has 92 valence electrons. The Kier molecular flexibility index (Phi) is 3.68. The second-order valence-electron chi connectivity index (χ2n) is 6.00. The Hall–Kier alpha value is -0.370. The molecule has 2 heteroatoms. The smallest absolute Gasteiger partial charge is 0.137 e. The van der Waals surface area contributed by atoms with Gasteiger partial charge in [0.25, 0.3) is 0 Å². The summed E-state index contributed by atoms with van der Waals surface area (Å²) in [5.74, 6) is 1.58. The third-order valence-electron chi connectivity index (χ3n) is 4.69. The van der Waals surface area contributed by atoms with E-state index in [1.54, 1.807) is 0 Å². The topological polar surface area (TPSA) is 43.1 Å². The summed E-state index contributed by atoms with van der Waals surface area (Å²) in [5.41, 5.74) is 6.04. The van der Waals surface area contributed by atoms with Crippen molar-refractivity contribution in [3.05, 3.63) is 0 Å². The molecule has 0 amide bonds. The predicted molar refractivity (Wildman–Crippen MR) is 66.1 cm³/mol. The zero-order valence-corrected chi connectivity index (χ0v) is 10.5. The van der Waals surface area contributed by atoms with Gasteiger partial charge in [0.2, 0.25) is 0 Å². The second-order valence-corrected chi connectivity index (χ2v) is 6.00. The molecule has 0 aromatic rings. The molecule has 2 N–H and O–H groups in total. The molecule has 2 aliphatic rings. The molecule has 0 aromatic heterocycles. The number of hydrogen-bond acceptors (Lipinski definition) is 2. The number of rotatable bonds is 4. The highest BCUT2D eigenvalue weighted by atomic mass is 16.1. The maximum atomic E-state index is 12.2. The first-order chi connectivity index (χ1) is 7.63. The summed E-state index contributed by atoms with van der Waals surface area (Å²) in [6.45, 7) is 2.24. The summed E-state index contributed by atoms with van der Waals surface area (Å²) in [5, 5.41) is 0. The van der Waals surface area contributed by atoms with Crippen molar-refractivity contribution in [1.82, 2.24) is 0 Å². The standard InChI is InChI=1S/C14H25NO/c1-2-11-5-3-6-12(9-11)13(16)10-14(15)7-4-8-14/h11-12H,2-10,15H2,1H3. The molecule has 0 radical (unpaired) electrons. The lowest BCUT2D eigenvalue weighted by molar-refractivity contribution is -0.126. The van der Waals surface area contributed by atoms with E-state index < -0.39 is 0 Å². The van der Waals surface area contributed by atoms with Crippen LogP contribution in [0.1, 0.15) is 64.7 Å². The molecule has 0 aromatic carbocycles. The van der Waals surface area contributed by atoms with E-state index in [9.17, 15) is 4.79 Å².